The van der Waals surface area contributed by atoms with Crippen molar-refractivity contribution in [3.05, 3.63) is 87.9 Å². The van der Waals surface area contributed by atoms with Crippen LogP contribution in [0.2, 0.25) is 5.02 Å². The van der Waals surface area contributed by atoms with Crippen LogP contribution in [0.25, 0.3) is 5.13 Å². The maximum Gasteiger partial charge on any atom is 0.193 e. The minimum absolute atomic E-state index is 0.149. The molecule has 7 nitrogen and oxygen atoms in total. The predicted molar refractivity (Wildman–Crippen MR) is 148 cm³/mol. The number of pyridine rings is 1. The molecule has 1 N–H and O–H groups in total. The lowest BCUT2D eigenvalue weighted by Gasteiger charge is -2.28. The lowest BCUT2D eigenvalue weighted by molar-refractivity contribution is 0.146. The van der Waals surface area contributed by atoms with Gasteiger partial charge in [-0.1, -0.05) is 17.7 Å². The normalized spacial score (nSPS) is 17.4. The summed E-state index contributed by atoms with van der Waals surface area (Å²) in [7, 11) is 1.64. The molecule has 4 aromatic rings. The van der Waals surface area contributed by atoms with Crippen molar-refractivity contribution >= 4 is 46.0 Å². The van der Waals surface area contributed by atoms with Crippen LogP contribution in [0, 0.1) is 13.8 Å². The van der Waals surface area contributed by atoms with Gasteiger partial charge in [-0.25, -0.2) is 4.98 Å². The van der Waals surface area contributed by atoms with Crippen LogP contribution in [0.15, 0.2) is 60.2 Å². The number of hydrogen-bond donors (Lipinski definition) is 1. The van der Waals surface area contributed by atoms with Crippen molar-refractivity contribution in [2.75, 3.05) is 25.2 Å². The number of anilines is 1. The zero-order chi connectivity index (χ0) is 25.2. The Kier molecular flexibility index (Phi) is 7.25. The third kappa shape index (κ3) is 4.59. The zero-order valence-electron chi connectivity index (χ0n) is 20.1. The molecule has 0 spiro atoms. The van der Waals surface area contributed by atoms with Gasteiger partial charge >= 0.3 is 0 Å². The molecule has 1 aliphatic heterocycles. The van der Waals surface area contributed by atoms with Crippen LogP contribution in [-0.4, -0.2) is 40.0 Å². The number of methoxy groups -OCH3 is 1. The van der Waals surface area contributed by atoms with E-state index in [0.717, 1.165) is 33.5 Å². The Morgan fingerprint density at radius 1 is 1.11 bits per heavy atom. The van der Waals surface area contributed by atoms with Gasteiger partial charge in [-0.2, -0.15) is 0 Å². The van der Waals surface area contributed by atoms with Crippen molar-refractivity contribution in [1.29, 1.82) is 0 Å². The van der Waals surface area contributed by atoms with Crippen molar-refractivity contribution in [3.8, 4) is 10.9 Å². The average molecular weight is 540 g/mol. The van der Waals surface area contributed by atoms with Gasteiger partial charge in [0.1, 0.15) is 12.4 Å². The monoisotopic (exact) mass is 539 g/mol. The Morgan fingerprint density at radius 2 is 1.97 bits per heavy atom. The molecule has 0 amide bonds. The number of rotatable bonds is 8. The highest BCUT2D eigenvalue weighted by Gasteiger charge is 2.42. The lowest BCUT2D eigenvalue weighted by atomic mass is 9.96. The first-order chi connectivity index (χ1) is 17.5. The lowest BCUT2D eigenvalue weighted by Crippen LogP contribution is -2.29. The summed E-state index contributed by atoms with van der Waals surface area (Å²) in [5.74, 6) is 0.607. The molecule has 0 bridgehead atoms. The van der Waals surface area contributed by atoms with Gasteiger partial charge in [-0.15, -0.1) is 11.3 Å². The van der Waals surface area contributed by atoms with Gasteiger partial charge in [-0.05, 0) is 68.0 Å². The molecule has 10 heteroatoms. The molecular formula is C26H26ClN5O2S2. The number of hydrogen-bond acceptors (Lipinski definition) is 6. The summed E-state index contributed by atoms with van der Waals surface area (Å²) >= 11 is 14.1. The highest BCUT2D eigenvalue weighted by Crippen LogP contribution is 2.45. The SMILES string of the molecule is COCCOc1ccc(N2C(=S)N[C@H](c3ccccn3)[C@@H]2c2cc(C)n(-c3nccs3)c2C)cc1Cl. The summed E-state index contributed by atoms with van der Waals surface area (Å²) in [5, 5.41) is 7.56. The van der Waals surface area contributed by atoms with Crippen LogP contribution in [0.3, 0.4) is 0 Å². The Morgan fingerprint density at radius 3 is 2.67 bits per heavy atom. The summed E-state index contributed by atoms with van der Waals surface area (Å²) < 4.78 is 13.0. The molecule has 1 aromatic carbocycles. The molecule has 1 aliphatic rings. The van der Waals surface area contributed by atoms with Gasteiger partial charge in [0.25, 0.3) is 0 Å². The summed E-state index contributed by atoms with van der Waals surface area (Å²) in [5.41, 5.74) is 5.14. The highest BCUT2D eigenvalue weighted by molar-refractivity contribution is 7.80. The number of thiazole rings is 1. The Balaban J connectivity index is 1.59. The molecule has 2 atom stereocenters. The Labute approximate surface area is 224 Å². The van der Waals surface area contributed by atoms with Gasteiger partial charge < -0.3 is 19.7 Å². The third-order valence-electron chi connectivity index (χ3n) is 6.24. The fourth-order valence-corrected chi connectivity index (χ4v) is 5.98. The van der Waals surface area contributed by atoms with Crippen LogP contribution in [0.5, 0.6) is 5.75 Å². The number of thiocarbonyl (C=S) groups is 1. The molecule has 0 radical (unpaired) electrons. The molecule has 3 aromatic heterocycles. The van der Waals surface area contributed by atoms with E-state index in [9.17, 15) is 0 Å². The minimum atomic E-state index is -0.152. The quantitative estimate of drug-likeness (QED) is 0.224. The molecule has 0 unspecified atom stereocenters. The topological polar surface area (TPSA) is 64.4 Å². The fourth-order valence-electron chi connectivity index (χ4n) is 4.65. The highest BCUT2D eigenvalue weighted by atomic mass is 35.5. The largest absolute Gasteiger partial charge is 0.490 e. The number of aryl methyl sites for hydroxylation is 1. The van der Waals surface area contributed by atoms with Gasteiger partial charge in [0.2, 0.25) is 0 Å². The van der Waals surface area contributed by atoms with E-state index >= 15 is 0 Å². The van der Waals surface area contributed by atoms with Crippen LogP contribution in [0.4, 0.5) is 5.69 Å². The number of benzene rings is 1. The first kappa shape index (κ1) is 24.7. The van der Waals surface area contributed by atoms with Gasteiger partial charge in [0, 0.05) is 42.0 Å². The molecule has 0 aliphatic carbocycles. The number of nitrogens with one attached hydrogen (secondary N) is 1. The van der Waals surface area contributed by atoms with Crippen molar-refractivity contribution in [2.24, 2.45) is 0 Å². The fraction of sp³-hybridized carbons (Fsp3) is 0.269. The van der Waals surface area contributed by atoms with Crippen LogP contribution >= 0.6 is 35.2 Å². The van der Waals surface area contributed by atoms with E-state index in [2.05, 4.69) is 44.7 Å². The van der Waals surface area contributed by atoms with Crippen LogP contribution < -0.4 is 15.0 Å². The van der Waals surface area contributed by atoms with E-state index in [1.54, 1.807) is 18.4 Å². The summed E-state index contributed by atoms with van der Waals surface area (Å²) in [4.78, 5) is 11.3. The standard InChI is InChI=1S/C26H26ClN5O2S2/c1-16-14-19(17(2)31(16)26-29-10-13-36-26)24-23(21-6-4-5-9-28-21)30-25(35)32(24)18-7-8-22(20(27)15-18)34-12-11-33-3/h4-10,13-15,23-24H,11-12H2,1-3H3,(H,30,35)/t23-,24+/m1/s1. The van der Waals surface area contributed by atoms with E-state index in [1.165, 1.54) is 0 Å². The van der Waals surface area contributed by atoms with E-state index in [0.29, 0.717) is 29.1 Å². The molecule has 36 heavy (non-hydrogen) atoms. The molecule has 186 valence electrons. The first-order valence-electron chi connectivity index (χ1n) is 11.5. The maximum absolute atomic E-state index is 6.63. The second-order valence-corrected chi connectivity index (χ2v) is 10.1. The van der Waals surface area contributed by atoms with Gasteiger partial charge in [-0.3, -0.25) is 9.55 Å². The predicted octanol–water partition coefficient (Wildman–Crippen LogP) is 5.80. The number of nitrogens with zero attached hydrogens (tertiary/aromatic N) is 4. The van der Waals surface area contributed by atoms with Gasteiger partial charge in [0.05, 0.1) is 29.4 Å². The second-order valence-electron chi connectivity index (χ2n) is 8.43. The first-order valence-corrected chi connectivity index (χ1v) is 13.2. The molecular weight excluding hydrogens is 514 g/mol. The molecule has 1 fully saturated rings. The Bertz CT molecular complexity index is 1360. The van der Waals surface area contributed by atoms with Crippen molar-refractivity contribution < 1.29 is 9.47 Å². The van der Waals surface area contributed by atoms with Crippen LogP contribution in [-0.2, 0) is 4.74 Å². The number of halogens is 1. The van der Waals surface area contributed by atoms with E-state index in [4.69, 9.17) is 33.3 Å². The molecule has 0 saturated carbocycles. The number of ether oxygens (including phenoxy) is 2. The zero-order valence-corrected chi connectivity index (χ0v) is 22.5. The van der Waals surface area contributed by atoms with E-state index in [1.807, 2.05) is 54.2 Å². The summed E-state index contributed by atoms with van der Waals surface area (Å²) in [6.07, 6.45) is 3.63. The Hall–Kier alpha value is -2.98. The van der Waals surface area contributed by atoms with E-state index < -0.39 is 0 Å². The smallest absolute Gasteiger partial charge is 0.193 e. The second kappa shape index (κ2) is 10.6. The van der Waals surface area contributed by atoms with Crippen LogP contribution in [0.1, 0.15) is 34.7 Å². The molecule has 5 rings (SSSR count). The van der Waals surface area contributed by atoms with Gasteiger partial charge in [0.15, 0.2) is 10.2 Å². The average Bonchev–Trinajstić information content (AvgIpc) is 3.58. The van der Waals surface area contributed by atoms with Crippen molar-refractivity contribution in [1.82, 2.24) is 19.9 Å². The maximum atomic E-state index is 6.63. The third-order valence-corrected chi connectivity index (χ3v) is 7.60. The van der Waals surface area contributed by atoms with Crippen molar-refractivity contribution in [3.63, 3.8) is 0 Å². The minimum Gasteiger partial charge on any atom is -0.490 e. The van der Waals surface area contributed by atoms with Crippen molar-refractivity contribution in [2.45, 2.75) is 25.9 Å². The molecule has 1 saturated heterocycles. The summed E-state index contributed by atoms with van der Waals surface area (Å²) in [6.45, 7) is 5.13. The molecule has 4 heterocycles. The van der Waals surface area contributed by atoms with E-state index in [-0.39, 0.29) is 12.1 Å². The number of aromatic nitrogens is 3. The summed E-state index contributed by atoms with van der Waals surface area (Å²) in [6, 6.07) is 13.6.